The fraction of sp³-hybridized carbons (Fsp3) is 0.294. The molecule has 0 radical (unpaired) electrons. The van der Waals surface area contributed by atoms with Crippen LogP contribution in [0.1, 0.15) is 18.1 Å². The van der Waals surface area contributed by atoms with Crippen molar-refractivity contribution in [1.29, 1.82) is 0 Å². The Bertz CT molecular complexity index is 654. The summed E-state index contributed by atoms with van der Waals surface area (Å²) in [4.78, 5) is 2.23. The van der Waals surface area contributed by atoms with Gasteiger partial charge in [0.25, 0.3) is 0 Å². The molecule has 3 rings (SSSR count). The lowest BCUT2D eigenvalue weighted by atomic mass is 10.1. The second-order valence-electron chi connectivity index (χ2n) is 5.13. The third-order valence-corrected chi connectivity index (χ3v) is 3.77. The van der Waals surface area contributed by atoms with E-state index in [-0.39, 0.29) is 12.5 Å². The zero-order valence-corrected chi connectivity index (χ0v) is 12.3. The number of anilines is 1. The van der Waals surface area contributed by atoms with Crippen LogP contribution in [0.2, 0.25) is 0 Å². The molecule has 0 unspecified atom stereocenters. The van der Waals surface area contributed by atoms with Crippen LogP contribution in [-0.2, 0) is 6.54 Å². The summed E-state index contributed by atoms with van der Waals surface area (Å²) in [7, 11) is 0. The van der Waals surface area contributed by atoms with Gasteiger partial charge in [-0.2, -0.15) is 0 Å². The Morgan fingerprint density at radius 1 is 1.14 bits per heavy atom. The fourth-order valence-corrected chi connectivity index (χ4v) is 2.59. The van der Waals surface area contributed by atoms with Gasteiger partial charge < -0.3 is 19.5 Å². The molecule has 0 amide bonds. The molecule has 0 aromatic heterocycles. The topological polar surface area (TPSA) is 41.9 Å². The molecule has 0 saturated carbocycles. The van der Waals surface area contributed by atoms with E-state index in [4.69, 9.17) is 9.47 Å². The molecule has 0 spiro atoms. The van der Waals surface area contributed by atoms with Crippen LogP contribution in [0.25, 0.3) is 0 Å². The normalized spacial score (nSPS) is 12.5. The van der Waals surface area contributed by atoms with Gasteiger partial charge in [-0.1, -0.05) is 18.2 Å². The lowest BCUT2D eigenvalue weighted by Gasteiger charge is -2.25. The number of nitrogens with zero attached hydrogens (tertiary/aromatic N) is 1. The number of aryl methyl sites for hydroxylation is 1. The Morgan fingerprint density at radius 3 is 2.57 bits per heavy atom. The smallest absolute Gasteiger partial charge is 0.231 e. The van der Waals surface area contributed by atoms with Gasteiger partial charge in [0.05, 0.1) is 0 Å². The van der Waals surface area contributed by atoms with Gasteiger partial charge in [0.1, 0.15) is 5.75 Å². The van der Waals surface area contributed by atoms with E-state index in [0.717, 1.165) is 12.1 Å². The summed E-state index contributed by atoms with van der Waals surface area (Å²) in [5.41, 5.74) is 3.24. The predicted octanol–water partition coefficient (Wildman–Crippen LogP) is 3.46. The maximum absolute atomic E-state index is 10.2. The molecular formula is C17H19NO3. The van der Waals surface area contributed by atoms with Gasteiger partial charge in [0.2, 0.25) is 6.79 Å². The average molecular weight is 285 g/mol. The summed E-state index contributed by atoms with van der Waals surface area (Å²) >= 11 is 0. The van der Waals surface area contributed by atoms with Gasteiger partial charge >= 0.3 is 0 Å². The van der Waals surface area contributed by atoms with Crippen LogP contribution >= 0.6 is 0 Å². The molecule has 1 aliphatic rings. The van der Waals surface area contributed by atoms with Crippen LogP contribution in [0.3, 0.4) is 0 Å². The van der Waals surface area contributed by atoms with Crippen LogP contribution < -0.4 is 14.4 Å². The van der Waals surface area contributed by atoms with E-state index in [0.29, 0.717) is 18.0 Å². The number of ether oxygens (including phenoxy) is 2. The maximum atomic E-state index is 10.2. The highest BCUT2D eigenvalue weighted by Crippen LogP contribution is 2.38. The van der Waals surface area contributed by atoms with E-state index in [1.54, 1.807) is 6.07 Å². The van der Waals surface area contributed by atoms with E-state index in [9.17, 15) is 5.11 Å². The minimum atomic E-state index is 0.216. The lowest BCUT2D eigenvalue weighted by molar-refractivity contribution is 0.174. The predicted molar refractivity (Wildman–Crippen MR) is 82.1 cm³/mol. The number of fused-ring (bicyclic) bond motifs is 1. The second kappa shape index (κ2) is 5.56. The third-order valence-electron chi connectivity index (χ3n) is 3.77. The molecule has 0 atom stereocenters. The van der Waals surface area contributed by atoms with Crippen LogP contribution in [0.5, 0.6) is 17.2 Å². The highest BCUT2D eigenvalue weighted by Gasteiger charge is 2.18. The van der Waals surface area contributed by atoms with Crippen molar-refractivity contribution >= 4 is 5.69 Å². The van der Waals surface area contributed by atoms with Crippen molar-refractivity contribution in [2.24, 2.45) is 0 Å². The molecule has 1 aliphatic heterocycles. The molecule has 1 heterocycles. The van der Waals surface area contributed by atoms with E-state index in [2.05, 4.69) is 30.9 Å². The van der Waals surface area contributed by atoms with Gasteiger partial charge in [-0.3, -0.25) is 0 Å². The Balaban J connectivity index is 1.90. The Morgan fingerprint density at radius 2 is 1.86 bits per heavy atom. The number of para-hydroxylation sites is 1. The molecule has 0 fully saturated rings. The molecular weight excluding hydrogens is 266 g/mol. The molecule has 1 N–H and O–H groups in total. The first kappa shape index (κ1) is 13.6. The van der Waals surface area contributed by atoms with Gasteiger partial charge in [-0.15, -0.1) is 0 Å². The molecule has 21 heavy (non-hydrogen) atoms. The van der Waals surface area contributed by atoms with Crippen molar-refractivity contribution in [3.05, 3.63) is 47.5 Å². The lowest BCUT2D eigenvalue weighted by Crippen LogP contribution is -2.22. The minimum Gasteiger partial charge on any atom is -0.507 e. The fourth-order valence-electron chi connectivity index (χ4n) is 2.59. The zero-order valence-electron chi connectivity index (χ0n) is 12.3. The number of phenols is 1. The maximum Gasteiger partial charge on any atom is 0.231 e. The SMILES string of the molecule is CCN(Cc1cc2c(cc1O)OCO2)c1ccccc1C. The zero-order chi connectivity index (χ0) is 14.8. The van der Waals surface area contributed by atoms with Crippen molar-refractivity contribution in [3.8, 4) is 17.2 Å². The molecule has 2 aromatic rings. The van der Waals surface area contributed by atoms with Crippen LogP contribution in [-0.4, -0.2) is 18.4 Å². The highest BCUT2D eigenvalue weighted by molar-refractivity contribution is 5.56. The first-order chi connectivity index (χ1) is 10.2. The average Bonchev–Trinajstić information content (AvgIpc) is 2.92. The van der Waals surface area contributed by atoms with E-state index in [1.165, 1.54) is 11.3 Å². The van der Waals surface area contributed by atoms with Crippen molar-refractivity contribution in [2.75, 3.05) is 18.2 Å². The van der Waals surface area contributed by atoms with Gasteiger partial charge in [-0.25, -0.2) is 0 Å². The quantitative estimate of drug-likeness (QED) is 0.934. The second-order valence-corrected chi connectivity index (χ2v) is 5.13. The van der Waals surface area contributed by atoms with Crippen molar-refractivity contribution in [2.45, 2.75) is 20.4 Å². The van der Waals surface area contributed by atoms with E-state index < -0.39 is 0 Å². The van der Waals surface area contributed by atoms with Gasteiger partial charge in [0, 0.05) is 30.4 Å². The van der Waals surface area contributed by atoms with Crippen molar-refractivity contribution in [1.82, 2.24) is 0 Å². The number of hydrogen-bond donors (Lipinski definition) is 1. The monoisotopic (exact) mass is 285 g/mol. The van der Waals surface area contributed by atoms with Crippen LogP contribution in [0, 0.1) is 6.92 Å². The minimum absolute atomic E-state index is 0.216. The van der Waals surface area contributed by atoms with Crippen LogP contribution in [0.15, 0.2) is 36.4 Å². The Hall–Kier alpha value is -2.36. The Kier molecular flexibility index (Phi) is 3.60. The number of benzene rings is 2. The first-order valence-corrected chi connectivity index (χ1v) is 7.11. The van der Waals surface area contributed by atoms with Crippen molar-refractivity contribution in [3.63, 3.8) is 0 Å². The summed E-state index contributed by atoms with van der Waals surface area (Å²) in [6.45, 7) is 5.91. The number of phenolic OH excluding ortho intramolecular Hbond substituents is 1. The molecule has 0 aliphatic carbocycles. The molecule has 4 heteroatoms. The van der Waals surface area contributed by atoms with E-state index >= 15 is 0 Å². The standard InChI is InChI=1S/C17H19NO3/c1-3-18(14-7-5-4-6-12(14)2)10-13-8-16-17(9-15(13)19)21-11-20-16/h4-9,19H,3,10-11H2,1-2H3. The summed E-state index contributed by atoms with van der Waals surface area (Å²) in [6.07, 6.45) is 0. The summed E-state index contributed by atoms with van der Waals surface area (Å²) in [5.74, 6) is 1.55. The number of hydrogen-bond acceptors (Lipinski definition) is 4. The molecule has 110 valence electrons. The summed E-state index contributed by atoms with van der Waals surface area (Å²) in [6, 6.07) is 11.7. The molecule has 0 saturated heterocycles. The molecule has 2 aromatic carbocycles. The Labute approximate surface area is 124 Å². The number of aromatic hydroxyl groups is 1. The largest absolute Gasteiger partial charge is 0.507 e. The third kappa shape index (κ3) is 2.61. The summed E-state index contributed by atoms with van der Waals surface area (Å²) in [5, 5.41) is 10.2. The van der Waals surface area contributed by atoms with Crippen molar-refractivity contribution < 1.29 is 14.6 Å². The number of rotatable bonds is 4. The first-order valence-electron chi connectivity index (χ1n) is 7.11. The molecule has 4 nitrogen and oxygen atoms in total. The summed E-state index contributed by atoms with van der Waals surface area (Å²) < 4.78 is 10.7. The highest BCUT2D eigenvalue weighted by atomic mass is 16.7. The van der Waals surface area contributed by atoms with Gasteiger partial charge in [-0.05, 0) is 31.5 Å². The van der Waals surface area contributed by atoms with Gasteiger partial charge in [0.15, 0.2) is 11.5 Å². The molecule has 0 bridgehead atoms. The van der Waals surface area contributed by atoms with E-state index in [1.807, 2.05) is 18.2 Å². The van der Waals surface area contributed by atoms with Crippen LogP contribution in [0.4, 0.5) is 5.69 Å².